The first kappa shape index (κ1) is 19.5. The summed E-state index contributed by atoms with van der Waals surface area (Å²) in [6.07, 6.45) is 8.52. The molecule has 0 bridgehead atoms. The van der Waals surface area contributed by atoms with Crippen molar-refractivity contribution in [1.82, 2.24) is 24.5 Å². The molecule has 0 unspecified atom stereocenters. The summed E-state index contributed by atoms with van der Waals surface area (Å²) in [7, 11) is 0. The van der Waals surface area contributed by atoms with Crippen LogP contribution in [0.1, 0.15) is 50.3 Å². The zero-order valence-electron chi connectivity index (χ0n) is 14.4. The minimum absolute atomic E-state index is 0.174. The highest BCUT2D eigenvalue weighted by atomic mass is 16.6. The lowest BCUT2D eigenvalue weighted by Crippen LogP contribution is -2.12. The van der Waals surface area contributed by atoms with Gasteiger partial charge in [-0.25, -0.2) is 4.57 Å². The summed E-state index contributed by atoms with van der Waals surface area (Å²) >= 11 is 0. The third-order valence-electron chi connectivity index (χ3n) is 3.99. The van der Waals surface area contributed by atoms with E-state index in [4.69, 9.17) is 10.8 Å². The third-order valence-corrected chi connectivity index (χ3v) is 3.99. The van der Waals surface area contributed by atoms with Crippen LogP contribution in [0.4, 0.5) is 5.95 Å². The first-order valence-electron chi connectivity index (χ1n) is 8.50. The number of aromatic nitrogens is 5. The molecule has 11 heteroatoms. The highest BCUT2D eigenvalue weighted by molar-refractivity contribution is 5.66. The first-order chi connectivity index (χ1) is 12.5. The van der Waals surface area contributed by atoms with Crippen LogP contribution in [0.5, 0.6) is 0 Å². The van der Waals surface area contributed by atoms with Gasteiger partial charge in [-0.05, 0) is 30.6 Å². The maximum atomic E-state index is 10.8. The molecular weight excluding hydrogens is 342 g/mol. The SMILES string of the molecule is N[C@@H](CCCn1ccnc1[N+](=O)[O-])c1cn(CCCCCC(=O)O)nn1. The summed E-state index contributed by atoms with van der Waals surface area (Å²) in [5, 5.41) is 27.5. The number of carboxylic acid groups (broad SMARTS) is 1. The number of rotatable bonds is 12. The molecule has 2 heterocycles. The highest BCUT2D eigenvalue weighted by Gasteiger charge is 2.15. The van der Waals surface area contributed by atoms with Crippen LogP contribution in [-0.4, -0.2) is 40.5 Å². The highest BCUT2D eigenvalue weighted by Crippen LogP contribution is 2.15. The zero-order valence-corrected chi connectivity index (χ0v) is 14.4. The van der Waals surface area contributed by atoms with Crippen LogP contribution >= 0.6 is 0 Å². The van der Waals surface area contributed by atoms with Crippen molar-refractivity contribution in [2.24, 2.45) is 5.73 Å². The fraction of sp³-hybridized carbons (Fsp3) is 0.600. The summed E-state index contributed by atoms with van der Waals surface area (Å²) in [5.41, 5.74) is 6.79. The molecular formula is C15H23N7O4. The zero-order chi connectivity index (χ0) is 18.9. The molecule has 0 aliphatic heterocycles. The van der Waals surface area contributed by atoms with Crippen molar-refractivity contribution < 1.29 is 14.8 Å². The number of imidazole rings is 1. The molecule has 0 spiro atoms. The van der Waals surface area contributed by atoms with E-state index in [9.17, 15) is 14.9 Å². The Hall–Kier alpha value is -2.82. The van der Waals surface area contributed by atoms with Crippen LogP contribution in [0.2, 0.25) is 0 Å². The van der Waals surface area contributed by atoms with E-state index < -0.39 is 10.9 Å². The monoisotopic (exact) mass is 365 g/mol. The fourth-order valence-corrected chi connectivity index (χ4v) is 2.60. The molecule has 0 saturated heterocycles. The fourth-order valence-electron chi connectivity index (χ4n) is 2.60. The van der Waals surface area contributed by atoms with Gasteiger partial charge in [-0.2, -0.15) is 0 Å². The Kier molecular flexibility index (Phi) is 7.21. The predicted molar refractivity (Wildman–Crippen MR) is 91.2 cm³/mol. The number of aliphatic carboxylic acids is 1. The van der Waals surface area contributed by atoms with Crippen LogP contribution in [0.25, 0.3) is 0 Å². The third kappa shape index (κ3) is 5.92. The summed E-state index contributed by atoms with van der Waals surface area (Å²) in [6, 6.07) is -0.293. The Balaban J connectivity index is 1.71. The van der Waals surface area contributed by atoms with Gasteiger partial charge >= 0.3 is 11.9 Å². The number of carbonyl (C=O) groups is 1. The summed E-state index contributed by atoms with van der Waals surface area (Å²) < 4.78 is 3.19. The first-order valence-corrected chi connectivity index (χ1v) is 8.50. The van der Waals surface area contributed by atoms with Gasteiger partial charge in [0.15, 0.2) is 0 Å². The molecule has 1 atom stereocenters. The molecule has 0 fully saturated rings. The van der Waals surface area contributed by atoms with E-state index >= 15 is 0 Å². The quantitative estimate of drug-likeness (QED) is 0.326. The Morgan fingerprint density at radius 3 is 2.85 bits per heavy atom. The molecule has 26 heavy (non-hydrogen) atoms. The average molecular weight is 365 g/mol. The Morgan fingerprint density at radius 2 is 2.12 bits per heavy atom. The van der Waals surface area contributed by atoms with Gasteiger partial charge < -0.3 is 21.0 Å². The number of nitro groups is 1. The van der Waals surface area contributed by atoms with Crippen molar-refractivity contribution in [3.8, 4) is 0 Å². The lowest BCUT2D eigenvalue weighted by Gasteiger charge is -2.07. The second kappa shape index (κ2) is 9.61. The number of nitrogens with zero attached hydrogens (tertiary/aromatic N) is 6. The minimum atomic E-state index is -0.778. The average Bonchev–Trinajstić information content (AvgIpc) is 3.23. The molecule has 2 aromatic rings. The normalized spacial score (nSPS) is 12.2. The standard InChI is InChI=1S/C15H23N7O4/c16-12(5-4-8-20-10-7-17-15(20)22(25)26)13-11-21(19-18-13)9-3-1-2-6-14(23)24/h7,10-12H,1-6,8-9,16H2,(H,23,24)/t12-/m0/s1. The van der Waals surface area contributed by atoms with Crippen molar-refractivity contribution >= 4 is 11.9 Å². The lowest BCUT2D eigenvalue weighted by atomic mass is 10.1. The second-order valence-electron chi connectivity index (χ2n) is 6.04. The molecule has 142 valence electrons. The van der Waals surface area contributed by atoms with Crippen LogP contribution in [0.15, 0.2) is 18.6 Å². The van der Waals surface area contributed by atoms with Crippen molar-refractivity contribution in [3.05, 3.63) is 34.4 Å². The lowest BCUT2D eigenvalue weighted by molar-refractivity contribution is -0.396. The van der Waals surface area contributed by atoms with Crippen LogP contribution < -0.4 is 5.73 Å². The van der Waals surface area contributed by atoms with Crippen molar-refractivity contribution in [2.45, 2.75) is 57.7 Å². The van der Waals surface area contributed by atoms with Crippen LogP contribution in [-0.2, 0) is 17.9 Å². The smallest absolute Gasteiger partial charge is 0.434 e. The van der Waals surface area contributed by atoms with Crippen molar-refractivity contribution in [2.75, 3.05) is 0 Å². The maximum absolute atomic E-state index is 10.8. The molecule has 2 rings (SSSR count). The summed E-state index contributed by atoms with van der Waals surface area (Å²) in [4.78, 5) is 24.4. The summed E-state index contributed by atoms with van der Waals surface area (Å²) in [6.45, 7) is 1.13. The Bertz CT molecular complexity index is 727. The second-order valence-corrected chi connectivity index (χ2v) is 6.04. The van der Waals surface area contributed by atoms with Gasteiger partial charge in [0.1, 0.15) is 12.4 Å². The van der Waals surface area contributed by atoms with Gasteiger partial charge in [0.25, 0.3) is 0 Å². The van der Waals surface area contributed by atoms with E-state index in [1.54, 1.807) is 17.1 Å². The number of aryl methyl sites for hydroxylation is 2. The molecule has 0 aliphatic rings. The molecule has 0 saturated carbocycles. The Morgan fingerprint density at radius 1 is 1.31 bits per heavy atom. The van der Waals surface area contributed by atoms with Gasteiger partial charge in [0, 0.05) is 13.0 Å². The van der Waals surface area contributed by atoms with Gasteiger partial charge in [-0.1, -0.05) is 16.6 Å². The molecule has 0 aromatic carbocycles. The number of nitrogens with two attached hydrogens (primary N) is 1. The number of hydrogen-bond donors (Lipinski definition) is 2. The maximum Gasteiger partial charge on any atom is 0.434 e. The van der Waals surface area contributed by atoms with Crippen molar-refractivity contribution in [1.29, 1.82) is 0 Å². The summed E-state index contributed by atoms with van der Waals surface area (Å²) in [5.74, 6) is -0.951. The predicted octanol–water partition coefficient (Wildman–Crippen LogP) is 1.51. The van der Waals surface area contributed by atoms with Gasteiger partial charge in [0.05, 0.1) is 24.5 Å². The van der Waals surface area contributed by atoms with Crippen LogP contribution in [0.3, 0.4) is 0 Å². The van der Waals surface area contributed by atoms with Gasteiger partial charge in [-0.15, -0.1) is 5.10 Å². The molecule has 3 N–H and O–H groups in total. The van der Waals surface area contributed by atoms with E-state index in [1.807, 2.05) is 0 Å². The molecule has 11 nitrogen and oxygen atoms in total. The van der Waals surface area contributed by atoms with Crippen LogP contribution in [0, 0.1) is 10.1 Å². The molecule has 0 amide bonds. The minimum Gasteiger partial charge on any atom is -0.481 e. The Labute approximate surface area is 150 Å². The number of hydrogen-bond acceptors (Lipinski definition) is 7. The van der Waals surface area contributed by atoms with E-state index in [-0.39, 0.29) is 18.4 Å². The van der Waals surface area contributed by atoms with E-state index in [1.165, 1.54) is 10.8 Å². The molecule has 2 aromatic heterocycles. The number of carboxylic acids is 1. The molecule has 0 radical (unpaired) electrons. The number of unbranched alkanes of at least 4 members (excludes halogenated alkanes) is 2. The topological polar surface area (TPSA) is 155 Å². The van der Waals surface area contributed by atoms with Gasteiger partial charge in [0.2, 0.25) is 0 Å². The van der Waals surface area contributed by atoms with E-state index in [2.05, 4.69) is 15.3 Å². The van der Waals surface area contributed by atoms with Crippen molar-refractivity contribution in [3.63, 3.8) is 0 Å². The van der Waals surface area contributed by atoms with E-state index in [0.717, 1.165) is 12.8 Å². The molecule has 0 aliphatic carbocycles. The largest absolute Gasteiger partial charge is 0.481 e. The van der Waals surface area contributed by atoms with Gasteiger partial charge in [-0.3, -0.25) is 9.48 Å². The van der Waals surface area contributed by atoms with E-state index in [0.29, 0.717) is 38.0 Å².